The van der Waals surface area contributed by atoms with Gasteiger partial charge >= 0.3 is 0 Å². The molecule has 2 aliphatic heterocycles. The lowest BCUT2D eigenvalue weighted by Gasteiger charge is -2.20. The maximum atomic E-state index is 13.1. The van der Waals surface area contributed by atoms with Gasteiger partial charge in [0.05, 0.1) is 17.5 Å². The van der Waals surface area contributed by atoms with Gasteiger partial charge in [0.25, 0.3) is 10.0 Å². The zero-order valence-electron chi connectivity index (χ0n) is 14.9. The predicted molar refractivity (Wildman–Crippen MR) is 103 cm³/mol. The number of carbonyl (C=O) groups is 1. The summed E-state index contributed by atoms with van der Waals surface area (Å²) in [5, 5.41) is 0. The summed E-state index contributed by atoms with van der Waals surface area (Å²) in [5.74, 6) is -0.0549. The Kier molecular flexibility index (Phi) is 4.15. The Hall–Kier alpha value is -2.87. The molecule has 2 heterocycles. The van der Waals surface area contributed by atoms with E-state index in [0.717, 1.165) is 21.1 Å². The summed E-state index contributed by atoms with van der Waals surface area (Å²) in [6, 6.07) is 14.0. The molecule has 27 heavy (non-hydrogen) atoms. The lowest BCUT2D eigenvalue weighted by atomic mass is 10.1. The van der Waals surface area contributed by atoms with Crippen LogP contribution in [0.4, 0.5) is 5.69 Å². The smallest absolute Gasteiger partial charge is 0.266 e. The number of fused-ring (bicyclic) bond motifs is 1. The number of aliphatic imine (C=N–C) groups is 1. The Morgan fingerprint density at radius 1 is 1.19 bits per heavy atom. The first-order valence-corrected chi connectivity index (χ1v) is 10.1. The fraction of sp³-hybridized carbons (Fsp3) is 0.263. The third kappa shape index (κ3) is 2.95. The number of carbonyl (C=O) groups excluding carboxylic acids is 1. The molecule has 7 nitrogen and oxygen atoms in total. The second-order valence-electron chi connectivity index (χ2n) is 6.66. The quantitative estimate of drug-likeness (QED) is 0.870. The molecule has 1 atom stereocenters. The summed E-state index contributed by atoms with van der Waals surface area (Å²) in [6.45, 7) is 2.25. The highest BCUT2D eigenvalue weighted by atomic mass is 32.2. The van der Waals surface area contributed by atoms with Crippen LogP contribution < -0.4 is 10.6 Å². The average molecular weight is 384 g/mol. The number of benzene rings is 2. The van der Waals surface area contributed by atoms with E-state index in [2.05, 4.69) is 4.99 Å². The third-order valence-electron chi connectivity index (χ3n) is 4.98. The summed E-state index contributed by atoms with van der Waals surface area (Å²) < 4.78 is 27.4. The van der Waals surface area contributed by atoms with Crippen molar-refractivity contribution in [2.24, 2.45) is 10.7 Å². The average Bonchev–Trinajstić information content (AvgIpc) is 3.26. The van der Waals surface area contributed by atoms with Gasteiger partial charge in [-0.15, -0.1) is 0 Å². The van der Waals surface area contributed by atoms with Crippen LogP contribution >= 0.6 is 0 Å². The van der Waals surface area contributed by atoms with E-state index in [1.807, 2.05) is 30.3 Å². The predicted octanol–water partition coefficient (Wildman–Crippen LogP) is 1.66. The molecular weight excluding hydrogens is 364 g/mol. The van der Waals surface area contributed by atoms with E-state index in [0.29, 0.717) is 13.0 Å². The van der Waals surface area contributed by atoms with Crippen LogP contribution in [0.5, 0.6) is 0 Å². The number of nitrogens with zero attached hydrogens (tertiary/aromatic N) is 3. The SMILES string of the molecule is CC(=O)N1CCc2cc(S(=O)(=O)N3CC(c4ccccc4)N=C3N)ccc21. The fourth-order valence-electron chi connectivity index (χ4n) is 3.58. The molecule has 0 aliphatic carbocycles. The third-order valence-corrected chi connectivity index (χ3v) is 6.75. The maximum Gasteiger partial charge on any atom is 0.266 e. The number of rotatable bonds is 3. The standard InChI is InChI=1S/C19H20N4O3S/c1-13(24)22-10-9-15-11-16(7-8-18(15)22)27(25,26)23-12-17(21-19(23)20)14-5-3-2-4-6-14/h2-8,11,17H,9-10,12H2,1H3,(H2,20,21). The van der Waals surface area contributed by atoms with Crippen molar-refractivity contribution in [3.8, 4) is 0 Å². The summed E-state index contributed by atoms with van der Waals surface area (Å²) >= 11 is 0. The number of sulfonamides is 1. The van der Waals surface area contributed by atoms with Crippen LogP contribution in [-0.2, 0) is 21.2 Å². The molecule has 2 N–H and O–H groups in total. The monoisotopic (exact) mass is 384 g/mol. The van der Waals surface area contributed by atoms with Crippen LogP contribution in [0, 0.1) is 0 Å². The fourth-order valence-corrected chi connectivity index (χ4v) is 5.00. The first kappa shape index (κ1) is 17.5. The molecule has 8 heteroatoms. The molecule has 0 radical (unpaired) electrons. The topological polar surface area (TPSA) is 96.1 Å². The molecule has 4 rings (SSSR count). The molecule has 140 valence electrons. The number of amides is 1. The number of hydrogen-bond donors (Lipinski definition) is 1. The summed E-state index contributed by atoms with van der Waals surface area (Å²) in [6.07, 6.45) is 0.633. The van der Waals surface area contributed by atoms with Gasteiger partial charge in [-0.05, 0) is 35.7 Å². The van der Waals surface area contributed by atoms with Crippen molar-refractivity contribution in [2.75, 3.05) is 18.0 Å². The molecule has 2 aromatic rings. The van der Waals surface area contributed by atoms with Crippen molar-refractivity contribution in [1.29, 1.82) is 0 Å². The molecule has 0 bridgehead atoms. The van der Waals surface area contributed by atoms with Crippen molar-refractivity contribution in [3.05, 3.63) is 59.7 Å². The largest absolute Gasteiger partial charge is 0.369 e. The summed E-state index contributed by atoms with van der Waals surface area (Å²) in [7, 11) is -3.81. The van der Waals surface area contributed by atoms with Crippen molar-refractivity contribution in [1.82, 2.24) is 4.31 Å². The normalized spacial score (nSPS) is 19.1. The van der Waals surface area contributed by atoms with Crippen LogP contribution in [-0.4, -0.2) is 37.7 Å². The molecule has 0 aromatic heterocycles. The molecule has 1 unspecified atom stereocenters. The number of hydrogen-bond acceptors (Lipinski definition) is 5. The molecule has 0 spiro atoms. The second-order valence-corrected chi connectivity index (χ2v) is 8.52. The molecule has 1 amide bonds. The van der Waals surface area contributed by atoms with Gasteiger partial charge in [-0.1, -0.05) is 30.3 Å². The van der Waals surface area contributed by atoms with Crippen LogP contribution in [0.1, 0.15) is 24.1 Å². The Labute approximate surface area is 158 Å². The van der Waals surface area contributed by atoms with E-state index in [4.69, 9.17) is 5.73 Å². The van der Waals surface area contributed by atoms with Crippen molar-refractivity contribution >= 4 is 27.6 Å². The zero-order valence-corrected chi connectivity index (χ0v) is 15.7. The minimum absolute atomic E-state index is 0.00489. The van der Waals surface area contributed by atoms with Gasteiger partial charge in [0, 0.05) is 19.2 Å². The van der Waals surface area contributed by atoms with Gasteiger partial charge < -0.3 is 10.6 Å². The van der Waals surface area contributed by atoms with E-state index in [9.17, 15) is 13.2 Å². The van der Waals surface area contributed by atoms with E-state index < -0.39 is 10.0 Å². The summed E-state index contributed by atoms with van der Waals surface area (Å²) in [4.78, 5) is 17.8. The van der Waals surface area contributed by atoms with Crippen LogP contribution in [0.2, 0.25) is 0 Å². The first-order chi connectivity index (χ1) is 12.9. The number of nitrogens with two attached hydrogens (primary N) is 1. The van der Waals surface area contributed by atoms with Gasteiger partial charge in [0.15, 0.2) is 0 Å². The van der Waals surface area contributed by atoms with Gasteiger partial charge in [-0.2, -0.15) is 0 Å². The van der Waals surface area contributed by atoms with E-state index in [-0.39, 0.29) is 29.3 Å². The zero-order chi connectivity index (χ0) is 19.2. The highest BCUT2D eigenvalue weighted by Gasteiger charge is 2.35. The highest BCUT2D eigenvalue weighted by Crippen LogP contribution is 2.33. The van der Waals surface area contributed by atoms with Gasteiger partial charge in [0.2, 0.25) is 11.9 Å². The number of anilines is 1. The van der Waals surface area contributed by atoms with Gasteiger partial charge in [-0.25, -0.2) is 17.7 Å². The molecule has 0 fully saturated rings. The summed E-state index contributed by atoms with van der Waals surface area (Å²) in [5.41, 5.74) is 8.49. The van der Waals surface area contributed by atoms with E-state index >= 15 is 0 Å². The van der Waals surface area contributed by atoms with Crippen LogP contribution in [0.15, 0.2) is 58.4 Å². The van der Waals surface area contributed by atoms with Crippen LogP contribution in [0.25, 0.3) is 0 Å². The maximum absolute atomic E-state index is 13.1. The van der Waals surface area contributed by atoms with E-state index in [1.165, 1.54) is 13.0 Å². The molecule has 0 saturated heterocycles. The lowest BCUT2D eigenvalue weighted by molar-refractivity contribution is -0.116. The molecule has 0 saturated carbocycles. The Morgan fingerprint density at radius 3 is 2.63 bits per heavy atom. The Morgan fingerprint density at radius 2 is 1.93 bits per heavy atom. The molecular formula is C19H20N4O3S. The molecule has 2 aliphatic rings. The second kappa shape index (κ2) is 6.38. The van der Waals surface area contributed by atoms with Gasteiger partial charge in [-0.3, -0.25) is 4.79 Å². The Bertz CT molecular complexity index is 1030. The van der Waals surface area contributed by atoms with E-state index in [1.54, 1.807) is 17.0 Å². The van der Waals surface area contributed by atoms with Crippen molar-refractivity contribution in [2.45, 2.75) is 24.3 Å². The van der Waals surface area contributed by atoms with Gasteiger partial charge in [0.1, 0.15) is 0 Å². The minimum Gasteiger partial charge on any atom is -0.369 e. The highest BCUT2D eigenvalue weighted by molar-refractivity contribution is 7.89. The lowest BCUT2D eigenvalue weighted by Crippen LogP contribution is -2.39. The van der Waals surface area contributed by atoms with Crippen LogP contribution in [0.3, 0.4) is 0 Å². The first-order valence-electron chi connectivity index (χ1n) is 8.70. The number of guanidine groups is 1. The minimum atomic E-state index is -3.81. The Balaban J connectivity index is 1.63. The molecule has 2 aromatic carbocycles. The van der Waals surface area contributed by atoms with Crippen molar-refractivity contribution in [3.63, 3.8) is 0 Å². The van der Waals surface area contributed by atoms with Crippen molar-refractivity contribution < 1.29 is 13.2 Å².